The number of carbonyl (C=O) groups is 2. The van der Waals surface area contributed by atoms with Crippen LogP contribution in [0, 0.1) is 0 Å². The molecule has 0 heterocycles. The maximum absolute atomic E-state index is 13.5. The molecule has 9 nitrogen and oxygen atoms in total. The maximum atomic E-state index is 13.5. The van der Waals surface area contributed by atoms with E-state index in [0.717, 1.165) is 77.0 Å². The second-order valence-corrected chi connectivity index (χ2v) is 23.3. The Balaban J connectivity index is 5.27. The van der Waals surface area contributed by atoms with Gasteiger partial charge < -0.3 is 28.5 Å². The molecule has 0 aromatic carbocycles. The average molecular weight is 1050 g/mol. The SMILES string of the molecule is CCCCC/C=C\C/C=C\C/C=C\CCCCCCC(=O)NC(COP(=O)([O-])OCC[N+](C)(C)C)C(/C=C/CCCCCCCCCCC)OC(=O)CCCCCCCCCCC/C=C/CCCCCCCC. The van der Waals surface area contributed by atoms with Crippen LogP contribution in [0.2, 0.25) is 0 Å². The molecule has 0 aliphatic rings. The van der Waals surface area contributed by atoms with Crippen LogP contribution in [0.1, 0.15) is 278 Å². The zero-order chi connectivity index (χ0) is 53.6. The van der Waals surface area contributed by atoms with Gasteiger partial charge in [-0.1, -0.05) is 230 Å². The number of nitrogens with one attached hydrogen (secondary N) is 1. The smallest absolute Gasteiger partial charge is 0.306 e. The lowest BCUT2D eigenvalue weighted by Gasteiger charge is -2.30. The van der Waals surface area contributed by atoms with Crippen molar-refractivity contribution in [3.63, 3.8) is 0 Å². The minimum Gasteiger partial charge on any atom is -0.756 e. The van der Waals surface area contributed by atoms with Crippen molar-refractivity contribution in [2.45, 2.75) is 290 Å². The molecule has 10 heteroatoms. The van der Waals surface area contributed by atoms with Crippen LogP contribution in [-0.4, -0.2) is 69.4 Å². The molecule has 73 heavy (non-hydrogen) atoms. The van der Waals surface area contributed by atoms with Gasteiger partial charge in [0, 0.05) is 12.8 Å². The van der Waals surface area contributed by atoms with Crippen molar-refractivity contribution < 1.29 is 37.3 Å². The van der Waals surface area contributed by atoms with Crippen LogP contribution in [0.4, 0.5) is 0 Å². The molecular formula is C63H117N2O7P. The molecule has 0 rings (SSSR count). The van der Waals surface area contributed by atoms with Crippen LogP contribution < -0.4 is 10.2 Å². The van der Waals surface area contributed by atoms with Gasteiger partial charge in [0.25, 0.3) is 7.82 Å². The van der Waals surface area contributed by atoms with Crippen molar-refractivity contribution in [2.24, 2.45) is 0 Å². The zero-order valence-electron chi connectivity index (χ0n) is 48.6. The van der Waals surface area contributed by atoms with Gasteiger partial charge in [-0.15, -0.1) is 0 Å². The van der Waals surface area contributed by atoms with E-state index >= 15 is 0 Å². The predicted octanol–water partition coefficient (Wildman–Crippen LogP) is 18.0. The summed E-state index contributed by atoms with van der Waals surface area (Å²) in [6.45, 7) is 6.80. The summed E-state index contributed by atoms with van der Waals surface area (Å²) in [4.78, 5) is 39.9. The number of quaternary nitrogens is 1. The molecule has 0 aliphatic heterocycles. The number of unbranched alkanes of at least 4 members (excludes halogenated alkanes) is 31. The summed E-state index contributed by atoms with van der Waals surface area (Å²) in [5.74, 6) is -0.565. The second kappa shape index (κ2) is 53.1. The minimum atomic E-state index is -4.70. The normalized spacial score (nSPS) is 14.1. The average Bonchev–Trinajstić information content (AvgIpc) is 3.35. The highest BCUT2D eigenvalue weighted by Gasteiger charge is 2.27. The van der Waals surface area contributed by atoms with Crippen LogP contribution in [0.3, 0.4) is 0 Å². The molecule has 426 valence electrons. The van der Waals surface area contributed by atoms with Crippen LogP contribution in [0.5, 0.6) is 0 Å². The molecule has 0 aromatic heterocycles. The van der Waals surface area contributed by atoms with Gasteiger partial charge >= 0.3 is 5.97 Å². The van der Waals surface area contributed by atoms with E-state index in [0.29, 0.717) is 23.9 Å². The van der Waals surface area contributed by atoms with Crippen molar-refractivity contribution in [1.29, 1.82) is 0 Å². The Morgan fingerprint density at radius 3 is 1.29 bits per heavy atom. The van der Waals surface area contributed by atoms with Crippen LogP contribution in [0.25, 0.3) is 0 Å². The first-order chi connectivity index (χ1) is 35.4. The molecular weight excluding hydrogens is 928 g/mol. The van der Waals surface area contributed by atoms with Gasteiger partial charge in [0.2, 0.25) is 5.91 Å². The summed E-state index contributed by atoms with van der Waals surface area (Å²) < 4.78 is 30.3. The third-order valence-corrected chi connectivity index (χ3v) is 14.4. The van der Waals surface area contributed by atoms with Gasteiger partial charge in [0.1, 0.15) is 19.3 Å². The number of hydrogen-bond donors (Lipinski definition) is 1. The number of phosphoric ester groups is 1. The van der Waals surface area contributed by atoms with E-state index in [1.807, 2.05) is 33.3 Å². The molecule has 3 atom stereocenters. The number of ether oxygens (including phenoxy) is 1. The molecule has 0 spiro atoms. The number of nitrogens with zero attached hydrogens (tertiary/aromatic N) is 1. The molecule has 0 radical (unpaired) electrons. The molecule has 3 unspecified atom stereocenters. The van der Waals surface area contributed by atoms with E-state index in [1.54, 1.807) is 0 Å². The van der Waals surface area contributed by atoms with Gasteiger partial charge in [-0.3, -0.25) is 14.2 Å². The van der Waals surface area contributed by atoms with Gasteiger partial charge in [0.15, 0.2) is 0 Å². The maximum Gasteiger partial charge on any atom is 0.306 e. The third-order valence-electron chi connectivity index (χ3n) is 13.4. The Bertz CT molecular complexity index is 1440. The van der Waals surface area contributed by atoms with Crippen molar-refractivity contribution >= 4 is 19.7 Å². The number of likely N-dealkylation sites (N-methyl/N-ethyl adjacent to an activating group) is 1. The van der Waals surface area contributed by atoms with Crippen molar-refractivity contribution in [1.82, 2.24) is 5.32 Å². The lowest BCUT2D eigenvalue weighted by Crippen LogP contribution is -2.47. The Kier molecular flexibility index (Phi) is 51.5. The zero-order valence-corrected chi connectivity index (χ0v) is 49.5. The molecule has 0 fully saturated rings. The monoisotopic (exact) mass is 1040 g/mol. The Labute approximate surface area is 451 Å². The highest BCUT2D eigenvalue weighted by atomic mass is 31.2. The summed E-state index contributed by atoms with van der Waals surface area (Å²) >= 11 is 0. The summed E-state index contributed by atoms with van der Waals surface area (Å²) in [7, 11) is 1.17. The van der Waals surface area contributed by atoms with Crippen LogP contribution in [0.15, 0.2) is 60.8 Å². The lowest BCUT2D eigenvalue weighted by atomic mass is 10.0. The first-order valence-corrected chi connectivity index (χ1v) is 32.1. The largest absolute Gasteiger partial charge is 0.756 e. The summed E-state index contributed by atoms with van der Waals surface area (Å²) in [5, 5.41) is 3.01. The number of rotatable bonds is 55. The number of phosphoric acid groups is 1. The van der Waals surface area contributed by atoms with Gasteiger partial charge in [0.05, 0.1) is 33.8 Å². The van der Waals surface area contributed by atoms with Gasteiger partial charge in [-0.25, -0.2) is 0 Å². The standard InChI is InChI=1S/C63H117N2O7P/c1-7-10-13-16-19-22-25-27-29-31-32-34-36-38-41-44-47-50-53-56-63(67)72-61(54-51-48-45-42-39-24-21-18-15-12-9-3)60(59-71-73(68,69)70-58-57-65(4,5)6)64-62(66)55-52-49-46-43-40-37-35-33-30-28-26-23-20-17-14-11-8-2/h20,23,27-30,35,37,51,54,60-61H,7-19,21-22,24-26,31-34,36,38-50,52-53,55-59H2,1-6H3,(H-,64,66,68,69)/b23-20-,29-27+,30-28-,37-35-,54-51+. The minimum absolute atomic E-state index is 0.0282. The first-order valence-electron chi connectivity index (χ1n) is 30.6. The fourth-order valence-electron chi connectivity index (χ4n) is 8.64. The highest BCUT2D eigenvalue weighted by molar-refractivity contribution is 7.45. The summed E-state index contributed by atoms with van der Waals surface area (Å²) in [6.07, 6.45) is 66.1. The second-order valence-electron chi connectivity index (χ2n) is 21.8. The number of amides is 1. The number of allylic oxidation sites excluding steroid dienone is 9. The van der Waals surface area contributed by atoms with Gasteiger partial charge in [-0.05, 0) is 96.0 Å². The Hall–Kier alpha value is -2.29. The highest BCUT2D eigenvalue weighted by Crippen LogP contribution is 2.38. The number of esters is 1. The molecule has 1 N–H and O–H groups in total. The third kappa shape index (κ3) is 54.3. The molecule has 0 saturated heterocycles. The van der Waals surface area contributed by atoms with E-state index in [9.17, 15) is 19.0 Å². The Morgan fingerprint density at radius 2 is 0.836 bits per heavy atom. The van der Waals surface area contributed by atoms with Crippen molar-refractivity contribution in [3.05, 3.63) is 60.8 Å². The summed E-state index contributed by atoms with van der Waals surface area (Å²) in [5.41, 5.74) is 0. The molecule has 0 saturated carbocycles. The molecule has 1 amide bonds. The number of carbonyl (C=O) groups excluding carboxylic acids is 2. The molecule has 0 aromatic rings. The van der Waals surface area contributed by atoms with E-state index in [-0.39, 0.29) is 24.9 Å². The molecule has 0 bridgehead atoms. The first kappa shape index (κ1) is 70.7. The van der Waals surface area contributed by atoms with E-state index in [2.05, 4.69) is 74.7 Å². The summed E-state index contributed by atoms with van der Waals surface area (Å²) in [6, 6.07) is -0.901. The fraction of sp³-hybridized carbons (Fsp3) is 0.810. The van der Waals surface area contributed by atoms with E-state index in [1.165, 1.54) is 161 Å². The van der Waals surface area contributed by atoms with Crippen LogP contribution in [-0.2, 0) is 27.9 Å². The molecule has 0 aliphatic carbocycles. The fourth-order valence-corrected chi connectivity index (χ4v) is 9.36. The van der Waals surface area contributed by atoms with Crippen molar-refractivity contribution in [2.75, 3.05) is 40.9 Å². The van der Waals surface area contributed by atoms with E-state index in [4.69, 9.17) is 13.8 Å². The van der Waals surface area contributed by atoms with Crippen LogP contribution >= 0.6 is 7.82 Å². The van der Waals surface area contributed by atoms with Crippen molar-refractivity contribution in [3.8, 4) is 0 Å². The van der Waals surface area contributed by atoms with E-state index < -0.39 is 26.6 Å². The number of hydrogen-bond acceptors (Lipinski definition) is 7. The van der Waals surface area contributed by atoms with Gasteiger partial charge in [-0.2, -0.15) is 0 Å². The quantitative estimate of drug-likeness (QED) is 0.0212. The topological polar surface area (TPSA) is 114 Å². The predicted molar refractivity (Wildman–Crippen MR) is 312 cm³/mol. The Morgan fingerprint density at radius 1 is 0.479 bits per heavy atom. The lowest BCUT2D eigenvalue weighted by molar-refractivity contribution is -0.870.